The molecule has 0 aliphatic carbocycles. The summed E-state index contributed by atoms with van der Waals surface area (Å²) in [5.74, 6) is 0.732. The molecule has 0 spiro atoms. The Hall–Kier alpha value is -0.890. The number of nitrogens with one attached hydrogen (secondary N) is 1. The van der Waals surface area contributed by atoms with E-state index in [0.717, 1.165) is 5.75 Å². The van der Waals surface area contributed by atoms with Crippen molar-refractivity contribution in [3.05, 3.63) is 0 Å². The number of thioether (sulfide) groups is 2. The highest BCUT2D eigenvalue weighted by atomic mass is 32.2. The third-order valence-electron chi connectivity index (χ3n) is 3.60. The standard InChI is InChI=1S/C12H18N2O4S2/c1-2-9(15)14-7-20-5-8(14)10(16)13-12(11(17)18)3-4-19-6-12/h8H,2-7H2,1H3,(H,13,16)(H,17,18). The Morgan fingerprint density at radius 3 is 2.70 bits per heavy atom. The van der Waals surface area contributed by atoms with Crippen molar-refractivity contribution < 1.29 is 19.5 Å². The van der Waals surface area contributed by atoms with Crippen LogP contribution in [0.2, 0.25) is 0 Å². The van der Waals surface area contributed by atoms with Crippen molar-refractivity contribution in [3.8, 4) is 0 Å². The van der Waals surface area contributed by atoms with Crippen LogP contribution in [0.5, 0.6) is 0 Å². The average molecular weight is 318 g/mol. The largest absolute Gasteiger partial charge is 0.479 e. The minimum Gasteiger partial charge on any atom is -0.479 e. The molecule has 2 unspecified atom stereocenters. The van der Waals surface area contributed by atoms with Gasteiger partial charge in [-0.15, -0.1) is 11.8 Å². The summed E-state index contributed by atoms with van der Waals surface area (Å²) in [6, 6.07) is -0.547. The van der Waals surface area contributed by atoms with Crippen LogP contribution < -0.4 is 5.32 Å². The van der Waals surface area contributed by atoms with E-state index in [1.165, 1.54) is 28.4 Å². The molecule has 112 valence electrons. The third-order valence-corrected chi connectivity index (χ3v) is 5.80. The molecule has 2 amide bonds. The van der Waals surface area contributed by atoms with Crippen LogP contribution in [0.15, 0.2) is 0 Å². The first-order chi connectivity index (χ1) is 9.50. The predicted molar refractivity (Wildman–Crippen MR) is 78.7 cm³/mol. The topological polar surface area (TPSA) is 86.7 Å². The summed E-state index contributed by atoms with van der Waals surface area (Å²) in [6.45, 7) is 1.76. The Labute approximate surface area is 126 Å². The lowest BCUT2D eigenvalue weighted by atomic mass is 9.98. The van der Waals surface area contributed by atoms with E-state index in [0.29, 0.717) is 30.2 Å². The van der Waals surface area contributed by atoms with E-state index < -0.39 is 17.6 Å². The fraction of sp³-hybridized carbons (Fsp3) is 0.750. The SMILES string of the molecule is CCC(=O)N1CSCC1C(=O)NC1(C(=O)O)CCSC1. The maximum absolute atomic E-state index is 12.4. The molecule has 0 radical (unpaired) electrons. The Bertz CT molecular complexity index is 424. The van der Waals surface area contributed by atoms with E-state index >= 15 is 0 Å². The van der Waals surface area contributed by atoms with Crippen LogP contribution in [0.25, 0.3) is 0 Å². The zero-order valence-electron chi connectivity index (χ0n) is 11.3. The summed E-state index contributed by atoms with van der Waals surface area (Å²) in [5.41, 5.74) is -1.17. The molecule has 0 aromatic carbocycles. The number of rotatable bonds is 4. The number of carboxylic acid groups (broad SMARTS) is 1. The molecular weight excluding hydrogens is 300 g/mol. The number of aliphatic carboxylic acids is 1. The second-order valence-electron chi connectivity index (χ2n) is 4.91. The normalized spacial score (nSPS) is 29.4. The number of carboxylic acids is 1. The molecule has 0 aromatic heterocycles. The monoisotopic (exact) mass is 318 g/mol. The van der Waals surface area contributed by atoms with Gasteiger partial charge in [-0.25, -0.2) is 4.79 Å². The van der Waals surface area contributed by atoms with E-state index in [-0.39, 0.29) is 11.8 Å². The molecule has 2 aliphatic heterocycles. The Balaban J connectivity index is 2.07. The van der Waals surface area contributed by atoms with Gasteiger partial charge in [0.25, 0.3) is 0 Å². The highest BCUT2D eigenvalue weighted by Gasteiger charge is 2.45. The van der Waals surface area contributed by atoms with Gasteiger partial charge in [-0.1, -0.05) is 6.92 Å². The molecule has 0 saturated carbocycles. The molecule has 2 N–H and O–H groups in total. The number of hydrogen-bond donors (Lipinski definition) is 2. The van der Waals surface area contributed by atoms with Gasteiger partial charge in [-0.05, 0) is 12.2 Å². The molecule has 8 heteroatoms. The van der Waals surface area contributed by atoms with Gasteiger partial charge in [0, 0.05) is 17.9 Å². The smallest absolute Gasteiger partial charge is 0.330 e. The Morgan fingerprint density at radius 1 is 1.40 bits per heavy atom. The lowest BCUT2D eigenvalue weighted by Gasteiger charge is -2.29. The quantitative estimate of drug-likeness (QED) is 0.779. The van der Waals surface area contributed by atoms with E-state index in [1.807, 2.05) is 0 Å². The van der Waals surface area contributed by atoms with Gasteiger partial charge in [0.05, 0.1) is 5.88 Å². The summed E-state index contributed by atoms with van der Waals surface area (Å²) in [6.07, 6.45) is 0.782. The lowest BCUT2D eigenvalue weighted by molar-refractivity contribution is -0.147. The first-order valence-electron chi connectivity index (χ1n) is 6.50. The van der Waals surface area contributed by atoms with Crippen molar-refractivity contribution >= 4 is 41.3 Å². The molecule has 0 aromatic rings. The van der Waals surface area contributed by atoms with Crippen LogP contribution in [0.1, 0.15) is 19.8 Å². The van der Waals surface area contributed by atoms with Crippen LogP contribution in [0.3, 0.4) is 0 Å². The summed E-state index contributed by atoms with van der Waals surface area (Å²) in [4.78, 5) is 37.1. The van der Waals surface area contributed by atoms with Crippen LogP contribution in [0.4, 0.5) is 0 Å². The Kier molecular flexibility index (Phi) is 4.85. The molecule has 2 heterocycles. The van der Waals surface area contributed by atoms with Gasteiger partial charge in [-0.3, -0.25) is 9.59 Å². The molecule has 2 saturated heterocycles. The minimum atomic E-state index is -1.17. The van der Waals surface area contributed by atoms with Crippen molar-refractivity contribution in [3.63, 3.8) is 0 Å². The summed E-state index contributed by atoms with van der Waals surface area (Å²) >= 11 is 3.04. The Morgan fingerprint density at radius 2 is 2.15 bits per heavy atom. The number of nitrogens with zero attached hydrogens (tertiary/aromatic N) is 1. The first-order valence-corrected chi connectivity index (χ1v) is 8.81. The van der Waals surface area contributed by atoms with Crippen molar-refractivity contribution in [1.29, 1.82) is 0 Å². The average Bonchev–Trinajstić information content (AvgIpc) is 3.06. The predicted octanol–water partition coefficient (Wildman–Crippen LogP) is 0.374. The highest BCUT2D eigenvalue weighted by Crippen LogP contribution is 2.29. The van der Waals surface area contributed by atoms with Crippen molar-refractivity contribution in [1.82, 2.24) is 10.2 Å². The molecule has 2 fully saturated rings. The molecular formula is C12H18N2O4S2. The second-order valence-corrected chi connectivity index (χ2v) is 7.02. The van der Waals surface area contributed by atoms with Gasteiger partial charge in [0.1, 0.15) is 11.6 Å². The van der Waals surface area contributed by atoms with Gasteiger partial charge in [0.2, 0.25) is 11.8 Å². The molecule has 0 bridgehead atoms. The van der Waals surface area contributed by atoms with Gasteiger partial charge in [-0.2, -0.15) is 11.8 Å². The third kappa shape index (κ3) is 2.90. The van der Waals surface area contributed by atoms with E-state index in [2.05, 4.69) is 5.32 Å². The first kappa shape index (κ1) is 15.5. The van der Waals surface area contributed by atoms with Crippen LogP contribution in [-0.2, 0) is 14.4 Å². The number of carbonyl (C=O) groups is 3. The fourth-order valence-corrected chi connectivity index (χ4v) is 4.82. The summed E-state index contributed by atoms with van der Waals surface area (Å²) in [5, 5.41) is 12.0. The van der Waals surface area contributed by atoms with Gasteiger partial charge >= 0.3 is 5.97 Å². The lowest BCUT2D eigenvalue weighted by Crippen LogP contribution is -2.59. The van der Waals surface area contributed by atoms with Crippen LogP contribution in [-0.4, -0.2) is 62.5 Å². The molecule has 2 rings (SSSR count). The molecule has 2 atom stereocenters. The highest BCUT2D eigenvalue weighted by molar-refractivity contribution is 7.99. The zero-order valence-corrected chi connectivity index (χ0v) is 12.9. The van der Waals surface area contributed by atoms with Crippen LogP contribution in [0, 0.1) is 0 Å². The fourth-order valence-electron chi connectivity index (χ4n) is 2.31. The molecule has 6 nitrogen and oxygen atoms in total. The number of carbonyl (C=O) groups excluding carboxylic acids is 2. The maximum Gasteiger partial charge on any atom is 0.330 e. The summed E-state index contributed by atoms with van der Waals surface area (Å²) in [7, 11) is 0. The minimum absolute atomic E-state index is 0.0691. The zero-order chi connectivity index (χ0) is 14.8. The maximum atomic E-state index is 12.4. The van der Waals surface area contributed by atoms with E-state index in [1.54, 1.807) is 6.92 Å². The van der Waals surface area contributed by atoms with Gasteiger partial charge < -0.3 is 15.3 Å². The number of amides is 2. The van der Waals surface area contributed by atoms with Crippen LogP contribution >= 0.6 is 23.5 Å². The number of hydrogen-bond acceptors (Lipinski definition) is 5. The second kappa shape index (κ2) is 6.26. The summed E-state index contributed by atoms with van der Waals surface area (Å²) < 4.78 is 0. The van der Waals surface area contributed by atoms with E-state index in [4.69, 9.17) is 0 Å². The van der Waals surface area contributed by atoms with Crippen molar-refractivity contribution in [2.45, 2.75) is 31.3 Å². The molecule has 2 aliphatic rings. The van der Waals surface area contributed by atoms with Gasteiger partial charge in [0.15, 0.2) is 0 Å². The van der Waals surface area contributed by atoms with Crippen molar-refractivity contribution in [2.24, 2.45) is 0 Å². The molecule has 20 heavy (non-hydrogen) atoms. The van der Waals surface area contributed by atoms with E-state index in [9.17, 15) is 19.5 Å². The van der Waals surface area contributed by atoms with Crippen molar-refractivity contribution in [2.75, 3.05) is 23.1 Å².